The SMILES string of the molecule is CC[C@H]1OC(=O)[C@H](C)[C@@H](OC2C[C@@](C)(OC)C[C@H](C)O2)[C@H](C)[C@@H](OC2O[C@H](C)C[C@H](N(C)CC)[C@H]2O)[C@@]2(C)CC(C)=C(O2)[C@H](C)[C@@H](O)[C@H]1C. The van der Waals surface area contributed by atoms with Crippen molar-refractivity contribution in [1.29, 1.82) is 0 Å². The second-order valence-corrected chi connectivity index (χ2v) is 16.2. The fourth-order valence-electron chi connectivity index (χ4n) is 8.88. The molecule has 49 heavy (non-hydrogen) atoms. The van der Waals surface area contributed by atoms with Gasteiger partial charge in [0.2, 0.25) is 0 Å². The normalized spacial score (nSPS) is 47.2. The van der Waals surface area contributed by atoms with E-state index in [1.165, 1.54) is 0 Å². The fraction of sp³-hybridized carbons (Fsp3) is 0.921. The molecule has 0 aliphatic carbocycles. The summed E-state index contributed by atoms with van der Waals surface area (Å²) in [7, 11) is 3.70. The molecule has 3 saturated heterocycles. The highest BCUT2D eigenvalue weighted by atomic mass is 16.7. The van der Waals surface area contributed by atoms with Crippen molar-refractivity contribution in [2.45, 2.75) is 181 Å². The third-order valence-electron chi connectivity index (χ3n) is 12.0. The summed E-state index contributed by atoms with van der Waals surface area (Å²) in [6.07, 6.45) is -2.63. The molecule has 4 aliphatic rings. The minimum atomic E-state index is -0.950. The summed E-state index contributed by atoms with van der Waals surface area (Å²) in [6.45, 7) is 22.6. The van der Waals surface area contributed by atoms with Crippen molar-refractivity contribution in [1.82, 2.24) is 4.90 Å². The van der Waals surface area contributed by atoms with Crippen molar-refractivity contribution < 1.29 is 48.2 Å². The largest absolute Gasteiger partial charge is 0.489 e. The van der Waals surface area contributed by atoms with Crippen LogP contribution in [0.4, 0.5) is 0 Å². The molecule has 11 heteroatoms. The van der Waals surface area contributed by atoms with E-state index in [4.69, 9.17) is 33.2 Å². The van der Waals surface area contributed by atoms with Crippen LogP contribution in [0, 0.1) is 23.7 Å². The number of carbonyl (C=O) groups excluding carboxylic acids is 1. The van der Waals surface area contributed by atoms with Crippen LogP contribution in [-0.2, 0) is 38.0 Å². The number of methoxy groups -OCH3 is 1. The molecule has 2 unspecified atom stereocenters. The molecule has 4 rings (SSSR count). The molecular formula is C38H67NO10. The van der Waals surface area contributed by atoms with E-state index < -0.39 is 72.1 Å². The zero-order valence-electron chi connectivity index (χ0n) is 32.4. The van der Waals surface area contributed by atoms with Crippen LogP contribution in [-0.4, -0.2) is 114 Å². The third-order valence-corrected chi connectivity index (χ3v) is 12.0. The lowest BCUT2D eigenvalue weighted by atomic mass is 9.79. The Hall–Kier alpha value is -1.31. The van der Waals surface area contributed by atoms with Crippen molar-refractivity contribution in [2.24, 2.45) is 23.7 Å². The van der Waals surface area contributed by atoms with Gasteiger partial charge in [-0.25, -0.2) is 0 Å². The van der Waals surface area contributed by atoms with E-state index in [0.717, 1.165) is 17.9 Å². The minimum Gasteiger partial charge on any atom is -0.489 e. The average Bonchev–Trinajstić information content (AvgIpc) is 3.37. The van der Waals surface area contributed by atoms with Gasteiger partial charge >= 0.3 is 5.97 Å². The summed E-state index contributed by atoms with van der Waals surface area (Å²) in [5.41, 5.74) is -0.370. The van der Waals surface area contributed by atoms with Crippen molar-refractivity contribution in [3.8, 4) is 0 Å². The molecule has 284 valence electrons. The highest BCUT2D eigenvalue weighted by Gasteiger charge is 2.54. The number of hydrogen-bond donors (Lipinski definition) is 2. The summed E-state index contributed by atoms with van der Waals surface area (Å²) >= 11 is 0. The van der Waals surface area contributed by atoms with Crippen molar-refractivity contribution >= 4 is 5.97 Å². The number of carbonyl (C=O) groups is 1. The number of likely N-dealkylation sites (N-methyl/N-ethyl adjacent to an activating group) is 1. The third kappa shape index (κ3) is 8.67. The van der Waals surface area contributed by atoms with Crippen LogP contribution in [0.15, 0.2) is 11.3 Å². The molecule has 0 spiro atoms. The number of hydrogen-bond acceptors (Lipinski definition) is 11. The number of rotatable bonds is 8. The van der Waals surface area contributed by atoms with Gasteiger partial charge < -0.3 is 48.3 Å². The molecule has 3 fully saturated rings. The van der Waals surface area contributed by atoms with Crippen LogP contribution in [0.2, 0.25) is 0 Å². The van der Waals surface area contributed by atoms with Gasteiger partial charge in [-0.3, -0.25) is 4.79 Å². The molecule has 2 bridgehead atoms. The molecule has 0 aromatic carbocycles. The summed E-state index contributed by atoms with van der Waals surface area (Å²) in [4.78, 5) is 16.2. The molecule has 0 aromatic heterocycles. The van der Waals surface area contributed by atoms with Gasteiger partial charge in [-0.2, -0.15) is 0 Å². The Morgan fingerprint density at radius 1 is 0.918 bits per heavy atom. The van der Waals surface area contributed by atoms with Gasteiger partial charge in [-0.1, -0.05) is 34.6 Å². The zero-order valence-corrected chi connectivity index (χ0v) is 32.4. The zero-order chi connectivity index (χ0) is 36.6. The highest BCUT2D eigenvalue weighted by molar-refractivity contribution is 5.73. The Morgan fingerprint density at radius 3 is 2.20 bits per heavy atom. The van der Waals surface area contributed by atoms with Crippen molar-refractivity contribution in [2.75, 3.05) is 20.7 Å². The van der Waals surface area contributed by atoms with E-state index in [-0.39, 0.29) is 30.1 Å². The number of esters is 1. The smallest absolute Gasteiger partial charge is 0.311 e. The van der Waals surface area contributed by atoms with E-state index >= 15 is 0 Å². The maximum absolute atomic E-state index is 14.1. The highest BCUT2D eigenvalue weighted by Crippen LogP contribution is 2.47. The predicted octanol–water partition coefficient (Wildman–Crippen LogP) is 5.20. The maximum atomic E-state index is 14.1. The Labute approximate surface area is 295 Å². The van der Waals surface area contributed by atoms with Crippen molar-refractivity contribution in [3.05, 3.63) is 11.3 Å². The standard InChI is InChI=1S/C38H67NO10/c1-14-28-23(6)30(40)24(7)32-20(3)17-38(11,49-32)34(48-36-31(41)27(39(12)15-2)16-21(4)45-36)25(8)33(26(9)35(42)46-28)47-29-19-37(10,43-13)18-22(5)44-29/h21-31,33-34,36,40-41H,14-19H2,1-13H3/t21-,22+,23+,24-,25+,26-,27+,28-,29?,30+,31-,33+,34-,36?,37+,38-/m1/s1. The first kappa shape index (κ1) is 40.5. The first-order valence-electron chi connectivity index (χ1n) is 18.7. The van der Waals surface area contributed by atoms with Gasteiger partial charge in [-0.05, 0) is 73.5 Å². The minimum absolute atomic E-state index is 0.124. The number of fused-ring (bicyclic) bond motifs is 2. The number of aliphatic hydroxyl groups is 2. The van der Waals surface area contributed by atoms with Crippen LogP contribution >= 0.6 is 0 Å². The molecule has 16 atom stereocenters. The Morgan fingerprint density at radius 2 is 1.59 bits per heavy atom. The molecule has 4 heterocycles. The number of ether oxygens (including phenoxy) is 7. The second kappa shape index (κ2) is 16.1. The van der Waals surface area contributed by atoms with E-state index in [9.17, 15) is 15.0 Å². The molecule has 2 N–H and O–H groups in total. The summed E-state index contributed by atoms with van der Waals surface area (Å²) in [5, 5.41) is 23.3. The van der Waals surface area contributed by atoms with Crippen LogP contribution < -0.4 is 0 Å². The predicted molar refractivity (Wildman–Crippen MR) is 185 cm³/mol. The Bertz CT molecular complexity index is 1150. The summed E-state index contributed by atoms with van der Waals surface area (Å²) in [6, 6.07) is -0.163. The molecule has 0 amide bonds. The summed E-state index contributed by atoms with van der Waals surface area (Å²) in [5.74, 6) is -1.60. The van der Waals surface area contributed by atoms with E-state index in [0.29, 0.717) is 32.1 Å². The first-order chi connectivity index (χ1) is 22.9. The van der Waals surface area contributed by atoms with E-state index in [1.807, 2.05) is 69.4 Å². The molecule has 0 aromatic rings. The number of aliphatic hydroxyl groups excluding tert-OH is 2. The molecular weight excluding hydrogens is 630 g/mol. The van der Waals surface area contributed by atoms with Gasteiger partial charge in [0.1, 0.15) is 29.7 Å². The lowest BCUT2D eigenvalue weighted by Gasteiger charge is -2.48. The Balaban J connectivity index is 1.81. The van der Waals surface area contributed by atoms with Crippen LogP contribution in [0.3, 0.4) is 0 Å². The van der Waals surface area contributed by atoms with Gasteiger partial charge in [0.15, 0.2) is 12.6 Å². The number of cyclic esters (lactones) is 1. The first-order valence-corrected chi connectivity index (χ1v) is 18.7. The monoisotopic (exact) mass is 697 g/mol. The fourth-order valence-corrected chi connectivity index (χ4v) is 8.88. The van der Waals surface area contributed by atoms with Crippen molar-refractivity contribution in [3.63, 3.8) is 0 Å². The lowest BCUT2D eigenvalue weighted by molar-refractivity contribution is -0.309. The van der Waals surface area contributed by atoms with Gasteiger partial charge in [0.25, 0.3) is 0 Å². The van der Waals surface area contributed by atoms with Gasteiger partial charge in [0.05, 0.1) is 35.9 Å². The summed E-state index contributed by atoms with van der Waals surface area (Å²) < 4.78 is 45.6. The van der Waals surface area contributed by atoms with Crippen LogP contribution in [0.1, 0.15) is 108 Å². The van der Waals surface area contributed by atoms with Crippen LogP contribution in [0.5, 0.6) is 0 Å². The number of nitrogens with zero attached hydrogens (tertiary/aromatic N) is 1. The van der Waals surface area contributed by atoms with E-state index in [1.54, 1.807) is 7.11 Å². The average molecular weight is 698 g/mol. The molecule has 4 aliphatic heterocycles. The molecule has 0 radical (unpaired) electrons. The van der Waals surface area contributed by atoms with Crippen LogP contribution in [0.25, 0.3) is 0 Å². The lowest BCUT2D eigenvalue weighted by Crippen LogP contribution is -2.59. The Kier molecular flexibility index (Phi) is 13.3. The maximum Gasteiger partial charge on any atom is 0.311 e. The molecule has 0 saturated carbocycles. The van der Waals surface area contributed by atoms with E-state index in [2.05, 4.69) is 18.7 Å². The molecule has 11 nitrogen and oxygen atoms in total. The van der Waals surface area contributed by atoms with Gasteiger partial charge in [0, 0.05) is 50.2 Å². The van der Waals surface area contributed by atoms with Gasteiger partial charge in [-0.15, -0.1) is 0 Å². The second-order valence-electron chi connectivity index (χ2n) is 16.2. The quantitative estimate of drug-likeness (QED) is 0.326. The topological polar surface area (TPSA) is 125 Å².